The Kier molecular flexibility index (Phi) is 3.43. The maximum absolute atomic E-state index is 11.5. The van der Waals surface area contributed by atoms with Gasteiger partial charge in [0.15, 0.2) is 0 Å². The molecule has 0 saturated heterocycles. The summed E-state index contributed by atoms with van der Waals surface area (Å²) in [5.74, 6) is -0.359. The van der Waals surface area contributed by atoms with Gasteiger partial charge in [0.25, 0.3) is 0 Å². The highest BCUT2D eigenvalue weighted by atomic mass is 79.9. The van der Waals surface area contributed by atoms with Crippen LogP contribution >= 0.6 is 15.9 Å². The Balaban J connectivity index is 1.90. The smallest absolute Gasteiger partial charge is 0.308 e. The molecule has 1 aromatic rings. The molecule has 2 aliphatic carbocycles. The van der Waals surface area contributed by atoms with Gasteiger partial charge in [-0.3, -0.25) is 4.79 Å². The number of carboxylic acid groups (broad SMARTS) is 1. The number of anilines is 1. The molecule has 2 fully saturated rings. The van der Waals surface area contributed by atoms with Crippen molar-refractivity contribution in [2.45, 2.75) is 25.3 Å². The summed E-state index contributed by atoms with van der Waals surface area (Å²) in [4.78, 5) is 11.5. The molecule has 104 valence electrons. The van der Waals surface area contributed by atoms with Gasteiger partial charge in [-0.05, 0) is 59.2 Å². The second kappa shape index (κ2) is 5.10. The molecule has 2 bridgehead atoms. The highest BCUT2D eigenvalue weighted by Gasteiger charge is 2.51. The van der Waals surface area contributed by atoms with Gasteiger partial charge in [0.05, 0.1) is 17.2 Å². The van der Waals surface area contributed by atoms with Crippen LogP contribution in [-0.2, 0) is 4.79 Å². The number of hydrogen-bond acceptors (Lipinski definition) is 3. The number of nitrogens with zero attached hydrogens (tertiary/aromatic N) is 1. The molecule has 3 rings (SSSR count). The van der Waals surface area contributed by atoms with Crippen LogP contribution < -0.4 is 5.32 Å². The highest BCUT2D eigenvalue weighted by Crippen LogP contribution is 2.49. The number of benzene rings is 1. The number of nitrogens with one attached hydrogen (secondary N) is 1. The maximum Gasteiger partial charge on any atom is 0.308 e. The molecule has 2 N–H and O–H groups in total. The zero-order valence-electron chi connectivity index (χ0n) is 10.8. The predicted molar refractivity (Wildman–Crippen MR) is 78.2 cm³/mol. The summed E-state index contributed by atoms with van der Waals surface area (Å²) in [6.45, 7) is 0. The van der Waals surface area contributed by atoms with Gasteiger partial charge in [-0.25, -0.2) is 0 Å². The Morgan fingerprint density at radius 2 is 2.15 bits per heavy atom. The number of rotatable bonds is 3. The van der Waals surface area contributed by atoms with Crippen molar-refractivity contribution in [2.75, 3.05) is 5.32 Å². The lowest BCUT2D eigenvalue weighted by atomic mass is 9.84. The lowest BCUT2D eigenvalue weighted by molar-refractivity contribution is -0.143. The molecule has 0 heterocycles. The summed E-state index contributed by atoms with van der Waals surface area (Å²) in [5, 5.41) is 22.0. The van der Waals surface area contributed by atoms with E-state index in [0.717, 1.165) is 29.4 Å². The van der Waals surface area contributed by atoms with Gasteiger partial charge in [-0.15, -0.1) is 0 Å². The summed E-state index contributed by atoms with van der Waals surface area (Å²) in [6, 6.07) is 7.62. The summed E-state index contributed by atoms with van der Waals surface area (Å²) in [5.41, 5.74) is 1.27. The van der Waals surface area contributed by atoms with E-state index in [1.807, 2.05) is 18.2 Å². The first kappa shape index (κ1) is 13.4. The molecule has 4 nitrogen and oxygen atoms in total. The first-order valence-electron chi connectivity index (χ1n) is 6.79. The van der Waals surface area contributed by atoms with Crippen molar-refractivity contribution >= 4 is 27.6 Å². The molecule has 0 amide bonds. The average Bonchev–Trinajstić information content (AvgIpc) is 2.99. The fraction of sp³-hybridized carbons (Fsp3) is 0.467. The van der Waals surface area contributed by atoms with E-state index < -0.39 is 5.97 Å². The quantitative estimate of drug-likeness (QED) is 0.889. The Hall–Kier alpha value is -1.54. The van der Waals surface area contributed by atoms with Crippen LogP contribution in [0.4, 0.5) is 5.69 Å². The van der Waals surface area contributed by atoms with E-state index in [-0.39, 0.29) is 17.9 Å². The van der Waals surface area contributed by atoms with E-state index in [1.54, 1.807) is 0 Å². The average molecular weight is 335 g/mol. The lowest BCUT2D eigenvalue weighted by Gasteiger charge is -2.30. The Morgan fingerprint density at radius 1 is 1.40 bits per heavy atom. The monoisotopic (exact) mass is 334 g/mol. The molecular weight excluding hydrogens is 320 g/mol. The van der Waals surface area contributed by atoms with Crippen molar-refractivity contribution in [3.05, 3.63) is 28.2 Å². The van der Waals surface area contributed by atoms with Gasteiger partial charge in [0.2, 0.25) is 0 Å². The number of carbonyl (C=O) groups is 1. The van der Waals surface area contributed by atoms with Crippen LogP contribution in [0.15, 0.2) is 22.7 Å². The fourth-order valence-electron chi connectivity index (χ4n) is 3.79. The topological polar surface area (TPSA) is 73.1 Å². The number of nitriles is 1. The van der Waals surface area contributed by atoms with Crippen LogP contribution in [0.5, 0.6) is 0 Å². The Labute approximate surface area is 125 Å². The normalized spacial score (nSPS) is 31.0. The number of aliphatic carboxylic acids is 1. The maximum atomic E-state index is 11.5. The van der Waals surface area contributed by atoms with Crippen LogP contribution in [0.3, 0.4) is 0 Å². The SMILES string of the molecule is N#Cc1c(Br)cccc1NC1C2CCC(C2)C1C(=O)O. The Bertz CT molecular complexity index is 596. The van der Waals surface area contributed by atoms with Crippen LogP contribution in [0.1, 0.15) is 24.8 Å². The van der Waals surface area contributed by atoms with E-state index in [2.05, 4.69) is 27.3 Å². The van der Waals surface area contributed by atoms with E-state index in [1.165, 1.54) is 0 Å². The third-order valence-corrected chi connectivity index (χ3v) is 5.31. The summed E-state index contributed by atoms with van der Waals surface area (Å²) in [7, 11) is 0. The van der Waals surface area contributed by atoms with Crippen molar-refractivity contribution in [3.63, 3.8) is 0 Å². The minimum atomic E-state index is -0.719. The third kappa shape index (κ3) is 2.08. The number of hydrogen-bond donors (Lipinski definition) is 2. The van der Waals surface area contributed by atoms with E-state index in [9.17, 15) is 15.2 Å². The minimum absolute atomic E-state index is 0.0624. The van der Waals surface area contributed by atoms with Crippen LogP contribution in [-0.4, -0.2) is 17.1 Å². The second-order valence-corrected chi connectivity index (χ2v) is 6.50. The molecular formula is C15H15BrN2O2. The molecule has 4 unspecified atom stereocenters. The van der Waals surface area contributed by atoms with E-state index in [4.69, 9.17) is 0 Å². The summed E-state index contributed by atoms with van der Waals surface area (Å²) < 4.78 is 0.736. The zero-order chi connectivity index (χ0) is 14.3. The van der Waals surface area contributed by atoms with Crippen molar-refractivity contribution in [3.8, 4) is 6.07 Å². The van der Waals surface area contributed by atoms with Gasteiger partial charge in [0, 0.05) is 10.5 Å². The van der Waals surface area contributed by atoms with Crippen LogP contribution in [0.2, 0.25) is 0 Å². The molecule has 2 aliphatic rings. The number of halogens is 1. The largest absolute Gasteiger partial charge is 0.481 e. The van der Waals surface area contributed by atoms with Gasteiger partial charge in [0.1, 0.15) is 6.07 Å². The third-order valence-electron chi connectivity index (χ3n) is 4.65. The molecule has 0 aliphatic heterocycles. The minimum Gasteiger partial charge on any atom is -0.481 e. The van der Waals surface area contributed by atoms with Crippen molar-refractivity contribution in [1.82, 2.24) is 0 Å². The first-order valence-corrected chi connectivity index (χ1v) is 7.59. The van der Waals surface area contributed by atoms with Crippen molar-refractivity contribution in [1.29, 1.82) is 5.26 Å². The van der Waals surface area contributed by atoms with Crippen LogP contribution in [0, 0.1) is 29.1 Å². The first-order chi connectivity index (χ1) is 9.61. The predicted octanol–water partition coefficient (Wildman–Crippen LogP) is 3.23. The van der Waals surface area contributed by atoms with Gasteiger partial charge in [-0.2, -0.15) is 5.26 Å². The molecule has 0 spiro atoms. The fourth-order valence-corrected chi connectivity index (χ4v) is 4.25. The molecule has 0 radical (unpaired) electrons. The number of fused-ring (bicyclic) bond motifs is 2. The number of carboxylic acids is 1. The summed E-state index contributed by atoms with van der Waals surface area (Å²) >= 11 is 3.36. The second-order valence-electron chi connectivity index (χ2n) is 5.64. The van der Waals surface area contributed by atoms with Crippen LogP contribution in [0.25, 0.3) is 0 Å². The molecule has 2 saturated carbocycles. The highest BCUT2D eigenvalue weighted by molar-refractivity contribution is 9.10. The summed E-state index contributed by atoms with van der Waals surface area (Å²) in [6.07, 6.45) is 3.09. The van der Waals surface area contributed by atoms with Gasteiger partial charge < -0.3 is 10.4 Å². The van der Waals surface area contributed by atoms with E-state index >= 15 is 0 Å². The molecule has 1 aromatic carbocycles. The molecule has 5 heteroatoms. The van der Waals surface area contributed by atoms with Gasteiger partial charge in [-0.1, -0.05) is 6.07 Å². The standard InChI is InChI=1S/C15H15BrN2O2/c16-11-2-1-3-12(10(11)7-17)18-14-9-5-4-8(6-9)13(14)15(19)20/h1-3,8-9,13-14,18H,4-6H2,(H,19,20). The molecule has 20 heavy (non-hydrogen) atoms. The molecule has 4 atom stereocenters. The van der Waals surface area contributed by atoms with Crippen molar-refractivity contribution in [2.24, 2.45) is 17.8 Å². The Morgan fingerprint density at radius 3 is 2.85 bits per heavy atom. The molecule has 0 aromatic heterocycles. The lowest BCUT2D eigenvalue weighted by Crippen LogP contribution is -2.39. The van der Waals surface area contributed by atoms with Crippen molar-refractivity contribution < 1.29 is 9.90 Å². The van der Waals surface area contributed by atoms with E-state index in [0.29, 0.717) is 11.5 Å². The van der Waals surface area contributed by atoms with Gasteiger partial charge >= 0.3 is 5.97 Å². The zero-order valence-corrected chi connectivity index (χ0v) is 12.4.